The summed E-state index contributed by atoms with van der Waals surface area (Å²) < 4.78 is 26.5. The second kappa shape index (κ2) is 8.13. The summed E-state index contributed by atoms with van der Waals surface area (Å²) in [5, 5.41) is 8.76. The van der Waals surface area contributed by atoms with Gasteiger partial charge < -0.3 is 4.90 Å². The van der Waals surface area contributed by atoms with Gasteiger partial charge in [0.15, 0.2) is 0 Å². The zero-order chi connectivity index (χ0) is 15.9. The fourth-order valence-corrected chi connectivity index (χ4v) is 3.55. The van der Waals surface area contributed by atoms with Gasteiger partial charge in [-0.3, -0.25) is 0 Å². The van der Waals surface area contributed by atoms with Crippen LogP contribution in [0.5, 0.6) is 0 Å². The average molecular weight is 309 g/mol. The third-order valence-electron chi connectivity index (χ3n) is 3.10. The highest BCUT2D eigenvalue weighted by Gasteiger charge is 2.21. The minimum absolute atomic E-state index is 0.0217. The third-order valence-corrected chi connectivity index (χ3v) is 4.95. The number of nitrogens with zero attached hydrogens (tertiary/aromatic N) is 3. The lowest BCUT2D eigenvalue weighted by Crippen LogP contribution is -2.37. The maximum Gasteiger partial charge on any atom is 0.218 e. The first-order valence-corrected chi connectivity index (χ1v) is 8.61. The molecular weight excluding hydrogens is 286 g/mol. The van der Waals surface area contributed by atoms with E-state index < -0.39 is 10.0 Å². The second-order valence-corrected chi connectivity index (χ2v) is 7.24. The van der Waals surface area contributed by atoms with Crippen molar-refractivity contribution in [2.75, 3.05) is 33.7 Å². The van der Waals surface area contributed by atoms with E-state index in [1.165, 1.54) is 0 Å². The van der Waals surface area contributed by atoms with Crippen molar-refractivity contribution in [3.05, 3.63) is 35.4 Å². The molecule has 21 heavy (non-hydrogen) atoms. The van der Waals surface area contributed by atoms with Crippen molar-refractivity contribution < 1.29 is 8.42 Å². The molecule has 0 unspecified atom stereocenters. The van der Waals surface area contributed by atoms with Crippen molar-refractivity contribution in [1.29, 1.82) is 5.26 Å². The van der Waals surface area contributed by atoms with Crippen molar-refractivity contribution in [3.8, 4) is 6.07 Å². The molecule has 0 amide bonds. The number of hydrogen-bond acceptors (Lipinski definition) is 4. The fourth-order valence-electron chi connectivity index (χ4n) is 1.93. The summed E-state index contributed by atoms with van der Waals surface area (Å²) in [4.78, 5) is 1.97. The number of likely N-dealkylation sites (N-methyl/N-ethyl adjacent to an activating group) is 1. The Labute approximate surface area is 127 Å². The topological polar surface area (TPSA) is 64.4 Å². The first-order chi connectivity index (χ1) is 9.89. The maximum absolute atomic E-state index is 12.5. The Bertz CT molecular complexity index is 574. The molecule has 0 aliphatic rings. The van der Waals surface area contributed by atoms with Crippen LogP contribution >= 0.6 is 0 Å². The van der Waals surface area contributed by atoms with Crippen LogP contribution in [0.4, 0.5) is 0 Å². The first kappa shape index (κ1) is 17.6. The molecule has 1 aromatic carbocycles. The summed E-state index contributed by atoms with van der Waals surface area (Å²) in [7, 11) is 0.527. The van der Waals surface area contributed by atoms with Crippen molar-refractivity contribution in [3.63, 3.8) is 0 Å². The Morgan fingerprint density at radius 2 is 1.71 bits per heavy atom. The normalized spacial score (nSPS) is 11.8. The monoisotopic (exact) mass is 309 g/mol. The Balaban J connectivity index is 2.81. The van der Waals surface area contributed by atoms with Crippen LogP contribution < -0.4 is 0 Å². The van der Waals surface area contributed by atoms with Crippen molar-refractivity contribution in [1.82, 2.24) is 9.21 Å². The molecule has 116 valence electrons. The predicted molar refractivity (Wildman–Crippen MR) is 84.2 cm³/mol. The van der Waals surface area contributed by atoms with Crippen LogP contribution in [0, 0.1) is 11.3 Å². The quantitative estimate of drug-likeness (QED) is 0.732. The Kier molecular flexibility index (Phi) is 6.82. The molecule has 1 aromatic rings. The van der Waals surface area contributed by atoms with E-state index in [4.69, 9.17) is 5.26 Å². The molecular formula is C15H23N3O2S. The zero-order valence-corrected chi connectivity index (χ0v) is 13.7. The highest BCUT2D eigenvalue weighted by atomic mass is 32.2. The number of hydrogen-bond donors (Lipinski definition) is 0. The molecule has 1 rings (SSSR count). The van der Waals surface area contributed by atoms with Gasteiger partial charge in [-0.05, 0) is 38.2 Å². The summed E-state index contributed by atoms with van der Waals surface area (Å²) in [5.41, 5.74) is 1.24. The van der Waals surface area contributed by atoms with E-state index in [9.17, 15) is 8.42 Å². The van der Waals surface area contributed by atoms with Gasteiger partial charge in [-0.2, -0.15) is 5.26 Å². The number of benzene rings is 1. The summed E-state index contributed by atoms with van der Waals surface area (Å²) in [5.74, 6) is -0.0217. The molecule has 0 aliphatic heterocycles. The van der Waals surface area contributed by atoms with E-state index in [-0.39, 0.29) is 5.75 Å². The zero-order valence-electron chi connectivity index (χ0n) is 12.9. The number of sulfonamides is 1. The van der Waals surface area contributed by atoms with E-state index in [2.05, 4.69) is 0 Å². The van der Waals surface area contributed by atoms with Gasteiger partial charge in [-0.25, -0.2) is 12.7 Å². The molecule has 0 saturated carbocycles. The van der Waals surface area contributed by atoms with Crippen LogP contribution in [0.2, 0.25) is 0 Å². The molecule has 0 N–H and O–H groups in total. The second-order valence-electron chi connectivity index (χ2n) is 5.27. The van der Waals surface area contributed by atoms with E-state index >= 15 is 0 Å². The van der Waals surface area contributed by atoms with Crippen molar-refractivity contribution in [2.24, 2.45) is 0 Å². The largest absolute Gasteiger partial charge is 0.308 e. The van der Waals surface area contributed by atoms with Gasteiger partial charge in [0.2, 0.25) is 10.0 Å². The van der Waals surface area contributed by atoms with Crippen LogP contribution in [0.1, 0.15) is 24.5 Å². The van der Waals surface area contributed by atoms with Crippen LogP contribution in [-0.2, 0) is 15.8 Å². The van der Waals surface area contributed by atoms with E-state index in [1.54, 1.807) is 28.6 Å². The van der Waals surface area contributed by atoms with Crippen molar-refractivity contribution in [2.45, 2.75) is 19.1 Å². The van der Waals surface area contributed by atoms with Gasteiger partial charge in [0.1, 0.15) is 0 Å². The SMILES string of the molecule is CCCN(CCN(C)C)S(=O)(=O)Cc1ccc(C#N)cc1. The third kappa shape index (κ3) is 5.84. The van der Waals surface area contributed by atoms with Gasteiger partial charge in [0, 0.05) is 19.6 Å². The van der Waals surface area contributed by atoms with Gasteiger partial charge in [0.05, 0.1) is 17.4 Å². The molecule has 0 atom stereocenters. The van der Waals surface area contributed by atoms with E-state index in [0.29, 0.717) is 30.8 Å². The summed E-state index contributed by atoms with van der Waals surface area (Å²) in [6.07, 6.45) is 0.792. The molecule has 6 heteroatoms. The molecule has 0 saturated heterocycles. The van der Waals surface area contributed by atoms with Crippen molar-refractivity contribution >= 4 is 10.0 Å². The van der Waals surface area contributed by atoms with E-state index in [1.807, 2.05) is 32.0 Å². The number of nitriles is 1. The van der Waals surface area contributed by atoms with Gasteiger partial charge >= 0.3 is 0 Å². The minimum atomic E-state index is -3.33. The summed E-state index contributed by atoms with van der Waals surface area (Å²) in [6, 6.07) is 8.72. The maximum atomic E-state index is 12.5. The predicted octanol–water partition coefficient (Wildman–Crippen LogP) is 1.66. The number of rotatable bonds is 8. The molecule has 0 bridgehead atoms. The first-order valence-electron chi connectivity index (χ1n) is 7.00. The highest BCUT2D eigenvalue weighted by Crippen LogP contribution is 2.12. The smallest absolute Gasteiger partial charge is 0.218 e. The summed E-state index contributed by atoms with van der Waals surface area (Å²) >= 11 is 0. The molecule has 0 fully saturated rings. The molecule has 0 aromatic heterocycles. The minimum Gasteiger partial charge on any atom is -0.308 e. The average Bonchev–Trinajstić information content (AvgIpc) is 2.43. The van der Waals surface area contributed by atoms with Gasteiger partial charge in [-0.1, -0.05) is 19.1 Å². The molecule has 0 spiro atoms. The molecule has 0 heterocycles. The lowest BCUT2D eigenvalue weighted by atomic mass is 10.2. The van der Waals surface area contributed by atoms with Gasteiger partial charge in [0.25, 0.3) is 0 Å². The fraction of sp³-hybridized carbons (Fsp3) is 0.533. The highest BCUT2D eigenvalue weighted by molar-refractivity contribution is 7.88. The molecule has 0 radical (unpaired) electrons. The van der Waals surface area contributed by atoms with Crippen LogP contribution in [0.15, 0.2) is 24.3 Å². The lowest BCUT2D eigenvalue weighted by molar-refractivity contribution is 0.332. The lowest BCUT2D eigenvalue weighted by Gasteiger charge is -2.23. The van der Waals surface area contributed by atoms with E-state index in [0.717, 1.165) is 6.42 Å². The molecule has 5 nitrogen and oxygen atoms in total. The Morgan fingerprint density at radius 1 is 1.10 bits per heavy atom. The van der Waals surface area contributed by atoms with Crippen LogP contribution in [0.25, 0.3) is 0 Å². The Hall–Kier alpha value is -1.42. The standard InChI is InChI=1S/C15H23N3O2S/c1-4-9-18(11-10-17(2)3)21(19,20)13-15-7-5-14(12-16)6-8-15/h5-8H,4,9-11,13H2,1-3H3. The van der Waals surface area contributed by atoms with Crippen LogP contribution in [-0.4, -0.2) is 51.4 Å². The Morgan fingerprint density at radius 3 is 2.19 bits per heavy atom. The van der Waals surface area contributed by atoms with Gasteiger partial charge in [-0.15, -0.1) is 0 Å². The molecule has 0 aliphatic carbocycles. The van der Waals surface area contributed by atoms with Crippen LogP contribution in [0.3, 0.4) is 0 Å². The summed E-state index contributed by atoms with van der Waals surface area (Å²) in [6.45, 7) is 3.71.